The van der Waals surface area contributed by atoms with Crippen molar-refractivity contribution in [3.05, 3.63) is 101 Å². The van der Waals surface area contributed by atoms with E-state index < -0.39 is 0 Å². The Hall–Kier alpha value is -4.03. The van der Waals surface area contributed by atoms with Gasteiger partial charge in [-0.25, -0.2) is 9.37 Å². The summed E-state index contributed by atoms with van der Waals surface area (Å²) in [5.41, 5.74) is 13.5. The van der Waals surface area contributed by atoms with Gasteiger partial charge in [0.25, 0.3) is 5.91 Å². The predicted molar refractivity (Wildman–Crippen MR) is 139 cm³/mol. The van der Waals surface area contributed by atoms with Gasteiger partial charge in [-0.2, -0.15) is 0 Å². The van der Waals surface area contributed by atoms with Crippen molar-refractivity contribution in [2.24, 2.45) is 0 Å². The Morgan fingerprint density at radius 3 is 2.09 bits per heavy atom. The Morgan fingerprint density at radius 1 is 0.882 bits per heavy atom. The van der Waals surface area contributed by atoms with Crippen LogP contribution in [0, 0.1) is 19.7 Å². The van der Waals surface area contributed by atoms with Gasteiger partial charge in [0.2, 0.25) is 0 Å². The number of aryl methyl sites for hydroxylation is 2. The summed E-state index contributed by atoms with van der Waals surface area (Å²) < 4.78 is 13.2. The second-order valence-electron chi connectivity index (χ2n) is 8.27. The molecule has 0 aliphatic carbocycles. The van der Waals surface area contributed by atoms with Gasteiger partial charge in [-0.3, -0.25) is 4.79 Å². The summed E-state index contributed by atoms with van der Waals surface area (Å²) in [4.78, 5) is 19.0. The minimum Gasteiger partial charge on any atom is -0.397 e. The van der Waals surface area contributed by atoms with Gasteiger partial charge >= 0.3 is 0 Å². The number of rotatable bonds is 4. The number of hydrogen-bond donors (Lipinski definition) is 2. The Balaban J connectivity index is 1.66. The molecule has 2 heterocycles. The fourth-order valence-corrected chi connectivity index (χ4v) is 4.86. The van der Waals surface area contributed by atoms with Crippen LogP contribution in [0.4, 0.5) is 15.8 Å². The largest absolute Gasteiger partial charge is 0.397 e. The van der Waals surface area contributed by atoms with Crippen molar-refractivity contribution < 1.29 is 9.18 Å². The van der Waals surface area contributed by atoms with E-state index in [4.69, 9.17) is 10.7 Å². The Bertz CT molecular complexity index is 1510. The number of hydrogen-bond acceptors (Lipinski definition) is 4. The topological polar surface area (TPSA) is 68.0 Å². The first-order chi connectivity index (χ1) is 16.4. The summed E-state index contributed by atoms with van der Waals surface area (Å²) in [5, 5.41) is 3.56. The summed E-state index contributed by atoms with van der Waals surface area (Å²) >= 11 is 1.26. The number of halogens is 1. The fourth-order valence-electron chi connectivity index (χ4n) is 3.84. The van der Waals surface area contributed by atoms with Gasteiger partial charge < -0.3 is 11.1 Å². The van der Waals surface area contributed by atoms with Crippen LogP contribution in [0.5, 0.6) is 0 Å². The lowest BCUT2D eigenvalue weighted by Gasteiger charge is -2.10. The van der Waals surface area contributed by atoms with Crippen LogP contribution in [-0.4, -0.2) is 10.9 Å². The minimum absolute atomic E-state index is 0.348. The van der Waals surface area contributed by atoms with E-state index in [1.165, 1.54) is 41.2 Å². The number of nitrogen functional groups attached to an aromatic ring is 1. The summed E-state index contributed by atoms with van der Waals surface area (Å²) in [7, 11) is 0. The van der Waals surface area contributed by atoms with E-state index >= 15 is 0 Å². The second-order valence-corrected chi connectivity index (χ2v) is 9.27. The van der Waals surface area contributed by atoms with Crippen molar-refractivity contribution in [3.8, 4) is 22.4 Å². The van der Waals surface area contributed by atoms with E-state index in [2.05, 4.69) is 41.7 Å². The molecule has 6 heteroatoms. The lowest BCUT2D eigenvalue weighted by Crippen LogP contribution is -2.11. The molecular weight excluding hydrogens is 445 g/mol. The van der Waals surface area contributed by atoms with Crippen LogP contribution in [0.2, 0.25) is 0 Å². The van der Waals surface area contributed by atoms with E-state index in [1.807, 2.05) is 32.0 Å². The van der Waals surface area contributed by atoms with Crippen molar-refractivity contribution in [2.45, 2.75) is 13.8 Å². The molecule has 0 aliphatic heterocycles. The molecule has 3 aromatic carbocycles. The number of fused-ring (bicyclic) bond motifs is 1. The van der Waals surface area contributed by atoms with Gasteiger partial charge in [0, 0.05) is 16.6 Å². The molecule has 0 bridgehead atoms. The number of nitrogens with zero attached hydrogens (tertiary/aromatic N) is 1. The van der Waals surface area contributed by atoms with Gasteiger partial charge in [-0.15, -0.1) is 11.3 Å². The average Bonchev–Trinajstić information content (AvgIpc) is 3.17. The second kappa shape index (κ2) is 8.72. The molecule has 168 valence electrons. The predicted octanol–water partition coefficient (Wildman–Crippen LogP) is 7.22. The van der Waals surface area contributed by atoms with Crippen LogP contribution >= 0.6 is 11.3 Å². The molecule has 0 unspecified atom stereocenters. The van der Waals surface area contributed by atoms with E-state index in [0.29, 0.717) is 21.1 Å². The summed E-state index contributed by atoms with van der Waals surface area (Å²) in [6.45, 7) is 4.09. The van der Waals surface area contributed by atoms with E-state index in [0.717, 1.165) is 33.3 Å². The fraction of sp³-hybridized carbons (Fsp3) is 0.0714. The monoisotopic (exact) mass is 467 g/mol. The summed E-state index contributed by atoms with van der Waals surface area (Å²) in [6.07, 6.45) is 0. The van der Waals surface area contributed by atoms with Gasteiger partial charge in [0.15, 0.2) is 0 Å². The molecular formula is C28H22FN3OS. The molecule has 0 saturated carbocycles. The molecule has 0 fully saturated rings. The maximum atomic E-state index is 13.2. The molecule has 0 atom stereocenters. The zero-order valence-corrected chi connectivity index (χ0v) is 19.5. The third kappa shape index (κ3) is 4.16. The SMILES string of the molecule is Cc1ccc(-c2cc(-c3ccc(C)cc3)c3c(N)c(C(=O)Nc4ccc(F)cc4)sc3n2)cc1. The van der Waals surface area contributed by atoms with Crippen LogP contribution in [0.25, 0.3) is 32.6 Å². The third-order valence-electron chi connectivity index (χ3n) is 5.72. The maximum absolute atomic E-state index is 13.2. The number of carbonyl (C=O) groups is 1. The molecule has 5 aromatic rings. The first-order valence-corrected chi connectivity index (χ1v) is 11.6. The molecule has 0 radical (unpaired) electrons. The first kappa shape index (κ1) is 21.8. The van der Waals surface area contributed by atoms with E-state index in [1.54, 1.807) is 0 Å². The highest BCUT2D eigenvalue weighted by atomic mass is 32.1. The van der Waals surface area contributed by atoms with Crippen LogP contribution in [-0.2, 0) is 0 Å². The van der Waals surface area contributed by atoms with Gasteiger partial charge in [-0.05, 0) is 55.3 Å². The molecule has 3 N–H and O–H groups in total. The van der Waals surface area contributed by atoms with Crippen molar-refractivity contribution in [2.75, 3.05) is 11.1 Å². The number of benzene rings is 3. The highest BCUT2D eigenvalue weighted by Gasteiger charge is 2.22. The number of anilines is 2. The lowest BCUT2D eigenvalue weighted by atomic mass is 9.98. The number of nitrogens with one attached hydrogen (secondary N) is 1. The average molecular weight is 468 g/mol. The first-order valence-electron chi connectivity index (χ1n) is 10.8. The molecule has 5 rings (SSSR count). The number of aromatic nitrogens is 1. The smallest absolute Gasteiger partial charge is 0.267 e. The minimum atomic E-state index is -0.366. The Labute approximate surface area is 200 Å². The van der Waals surface area contributed by atoms with Crippen molar-refractivity contribution >= 4 is 38.8 Å². The highest BCUT2D eigenvalue weighted by molar-refractivity contribution is 7.21. The summed E-state index contributed by atoms with van der Waals surface area (Å²) in [6, 6.07) is 24.1. The molecule has 2 aromatic heterocycles. The Kier molecular flexibility index (Phi) is 5.59. The highest BCUT2D eigenvalue weighted by Crippen LogP contribution is 2.41. The molecule has 0 saturated heterocycles. The lowest BCUT2D eigenvalue weighted by molar-refractivity contribution is 0.103. The zero-order chi connectivity index (χ0) is 23.8. The standard InChI is InChI=1S/C28H22FN3OS/c1-16-3-7-18(8-4-16)22-15-23(19-9-5-17(2)6-10-19)32-28-24(22)25(30)26(34-28)27(33)31-21-13-11-20(29)12-14-21/h3-15H,30H2,1-2H3,(H,31,33). The number of thiophene rings is 1. The number of pyridine rings is 1. The van der Waals surface area contributed by atoms with Crippen LogP contribution in [0.1, 0.15) is 20.8 Å². The summed E-state index contributed by atoms with van der Waals surface area (Å²) in [5.74, 6) is -0.714. The molecule has 0 spiro atoms. The van der Waals surface area contributed by atoms with E-state index in [9.17, 15) is 9.18 Å². The third-order valence-corrected chi connectivity index (χ3v) is 6.82. The molecule has 0 aliphatic rings. The molecule has 1 amide bonds. The molecule has 4 nitrogen and oxygen atoms in total. The number of carbonyl (C=O) groups excluding carboxylic acids is 1. The van der Waals surface area contributed by atoms with Crippen LogP contribution in [0.3, 0.4) is 0 Å². The quantitative estimate of drug-likeness (QED) is 0.293. The van der Waals surface area contributed by atoms with Gasteiger partial charge in [-0.1, -0.05) is 59.7 Å². The normalized spacial score (nSPS) is 11.0. The van der Waals surface area contributed by atoms with Gasteiger partial charge in [0.05, 0.1) is 11.4 Å². The van der Waals surface area contributed by atoms with Crippen LogP contribution in [0.15, 0.2) is 78.9 Å². The zero-order valence-electron chi connectivity index (χ0n) is 18.7. The maximum Gasteiger partial charge on any atom is 0.267 e. The van der Waals surface area contributed by atoms with Crippen molar-refractivity contribution in [1.29, 1.82) is 0 Å². The number of amides is 1. The molecule has 34 heavy (non-hydrogen) atoms. The van der Waals surface area contributed by atoms with Crippen molar-refractivity contribution in [3.63, 3.8) is 0 Å². The van der Waals surface area contributed by atoms with Crippen LogP contribution < -0.4 is 11.1 Å². The van der Waals surface area contributed by atoms with E-state index in [-0.39, 0.29) is 11.7 Å². The van der Waals surface area contributed by atoms with Crippen molar-refractivity contribution in [1.82, 2.24) is 4.98 Å². The number of nitrogens with two attached hydrogens (primary N) is 1. The Morgan fingerprint density at radius 2 is 1.47 bits per heavy atom. The van der Waals surface area contributed by atoms with Gasteiger partial charge in [0.1, 0.15) is 15.5 Å².